The number of halogens is 3. The number of alkyl halides is 3. The van der Waals surface area contributed by atoms with E-state index in [1.807, 2.05) is 13.8 Å². The van der Waals surface area contributed by atoms with Crippen LogP contribution in [0.15, 0.2) is 59.3 Å². The second-order valence-corrected chi connectivity index (χ2v) is 8.61. The van der Waals surface area contributed by atoms with E-state index in [0.29, 0.717) is 17.5 Å². The fraction of sp³-hybridized carbons (Fsp3) is 0.333. The molecule has 0 aliphatic heterocycles. The Bertz CT molecular complexity index is 1090. The number of rotatable bonds is 8. The van der Waals surface area contributed by atoms with Gasteiger partial charge in [0.25, 0.3) is 5.91 Å². The normalized spacial score (nSPS) is 13.6. The number of aromatic nitrogens is 1. The lowest BCUT2D eigenvalue weighted by molar-refractivity contribution is -0.139. The van der Waals surface area contributed by atoms with Gasteiger partial charge >= 0.3 is 6.18 Å². The Kier molecular flexibility index (Phi) is 7.12. The van der Waals surface area contributed by atoms with E-state index in [4.69, 9.17) is 14.9 Å². The van der Waals surface area contributed by atoms with Gasteiger partial charge in [-0.15, -0.1) is 0 Å². The highest BCUT2D eigenvalue weighted by Crippen LogP contribution is 2.39. The molecule has 0 aliphatic carbocycles. The Labute approximate surface area is 190 Å². The van der Waals surface area contributed by atoms with Crippen LogP contribution in [0, 0.1) is 5.92 Å². The molecular formula is C24H26F3N3O3. The fourth-order valence-corrected chi connectivity index (χ4v) is 3.56. The fourth-order valence-electron chi connectivity index (χ4n) is 3.56. The molecule has 33 heavy (non-hydrogen) atoms. The van der Waals surface area contributed by atoms with Crippen LogP contribution in [0.25, 0.3) is 11.1 Å². The number of benzene rings is 1. The van der Waals surface area contributed by atoms with Gasteiger partial charge in [-0.2, -0.15) is 13.2 Å². The SMILES string of the molecule is CC(C)CC(C)(N)COc1ccc(-c2ccnc(NC(=O)c3ccco3)c2)cc1C(F)(F)F. The van der Waals surface area contributed by atoms with Crippen molar-refractivity contribution in [1.82, 2.24) is 4.98 Å². The van der Waals surface area contributed by atoms with Gasteiger partial charge in [0.1, 0.15) is 18.2 Å². The van der Waals surface area contributed by atoms with Gasteiger partial charge in [0.05, 0.1) is 11.8 Å². The molecule has 1 atom stereocenters. The van der Waals surface area contributed by atoms with Gasteiger partial charge in [-0.25, -0.2) is 4.98 Å². The Morgan fingerprint density at radius 3 is 2.55 bits per heavy atom. The summed E-state index contributed by atoms with van der Waals surface area (Å²) < 4.78 is 51.9. The van der Waals surface area contributed by atoms with Gasteiger partial charge in [-0.3, -0.25) is 4.79 Å². The molecule has 2 aromatic heterocycles. The van der Waals surface area contributed by atoms with E-state index in [-0.39, 0.29) is 29.9 Å². The number of nitrogens with two attached hydrogens (primary N) is 1. The summed E-state index contributed by atoms with van der Waals surface area (Å²) in [5, 5.41) is 2.56. The lowest BCUT2D eigenvalue weighted by atomic mass is 9.93. The summed E-state index contributed by atoms with van der Waals surface area (Å²) in [7, 11) is 0. The number of furan rings is 1. The van der Waals surface area contributed by atoms with Crippen LogP contribution in [0.2, 0.25) is 0 Å². The number of amides is 1. The third-order valence-electron chi connectivity index (χ3n) is 4.80. The molecule has 3 N–H and O–H groups in total. The third kappa shape index (κ3) is 6.58. The summed E-state index contributed by atoms with van der Waals surface area (Å²) in [4.78, 5) is 16.2. The topological polar surface area (TPSA) is 90.4 Å². The van der Waals surface area contributed by atoms with Crippen LogP contribution in [-0.2, 0) is 6.18 Å². The number of carbonyl (C=O) groups excluding carboxylic acids is 1. The van der Waals surface area contributed by atoms with E-state index < -0.39 is 23.2 Å². The minimum atomic E-state index is -4.63. The summed E-state index contributed by atoms with van der Waals surface area (Å²) >= 11 is 0. The van der Waals surface area contributed by atoms with Crippen LogP contribution in [0.5, 0.6) is 5.75 Å². The number of hydrogen-bond acceptors (Lipinski definition) is 5. The van der Waals surface area contributed by atoms with E-state index in [2.05, 4.69) is 10.3 Å². The molecule has 0 spiro atoms. The molecule has 6 nitrogen and oxygen atoms in total. The number of ether oxygens (including phenoxy) is 1. The van der Waals surface area contributed by atoms with Crippen molar-refractivity contribution in [2.24, 2.45) is 11.7 Å². The van der Waals surface area contributed by atoms with E-state index in [9.17, 15) is 18.0 Å². The highest BCUT2D eigenvalue weighted by molar-refractivity contribution is 6.01. The molecule has 0 aliphatic rings. The average Bonchev–Trinajstić information content (AvgIpc) is 3.26. The molecule has 2 heterocycles. The maximum atomic E-state index is 13.8. The van der Waals surface area contributed by atoms with Crippen LogP contribution < -0.4 is 15.8 Å². The highest BCUT2D eigenvalue weighted by atomic mass is 19.4. The maximum Gasteiger partial charge on any atom is 0.419 e. The monoisotopic (exact) mass is 461 g/mol. The summed E-state index contributed by atoms with van der Waals surface area (Å²) in [6, 6.07) is 9.91. The van der Waals surface area contributed by atoms with Gasteiger partial charge < -0.3 is 20.2 Å². The molecule has 176 valence electrons. The van der Waals surface area contributed by atoms with Crippen molar-refractivity contribution in [3.63, 3.8) is 0 Å². The number of pyridine rings is 1. The Hall–Kier alpha value is -3.33. The van der Waals surface area contributed by atoms with Crippen molar-refractivity contribution in [2.45, 2.75) is 38.9 Å². The molecule has 3 aromatic rings. The first-order chi connectivity index (χ1) is 15.4. The molecule has 1 amide bonds. The van der Waals surface area contributed by atoms with E-state index >= 15 is 0 Å². The molecule has 1 aromatic carbocycles. The van der Waals surface area contributed by atoms with E-state index in [1.165, 1.54) is 36.7 Å². The quantitative estimate of drug-likeness (QED) is 0.445. The number of anilines is 1. The predicted molar refractivity (Wildman–Crippen MR) is 119 cm³/mol. The van der Waals surface area contributed by atoms with Crippen molar-refractivity contribution >= 4 is 11.7 Å². The van der Waals surface area contributed by atoms with Crippen molar-refractivity contribution in [3.05, 3.63) is 66.2 Å². The van der Waals surface area contributed by atoms with Crippen LogP contribution in [0.3, 0.4) is 0 Å². The average molecular weight is 461 g/mol. The first-order valence-electron chi connectivity index (χ1n) is 10.4. The number of nitrogens with one attached hydrogen (secondary N) is 1. The molecule has 0 saturated heterocycles. The van der Waals surface area contributed by atoms with Crippen LogP contribution in [0.1, 0.15) is 43.3 Å². The van der Waals surface area contributed by atoms with Gasteiger partial charge in [0.2, 0.25) is 0 Å². The first kappa shape index (κ1) is 24.3. The second kappa shape index (κ2) is 9.66. The second-order valence-electron chi connectivity index (χ2n) is 8.61. The van der Waals surface area contributed by atoms with Crippen LogP contribution >= 0.6 is 0 Å². The maximum absolute atomic E-state index is 13.8. The lowest BCUT2D eigenvalue weighted by Gasteiger charge is -2.27. The zero-order valence-electron chi connectivity index (χ0n) is 18.6. The molecule has 0 fully saturated rings. The molecule has 0 bridgehead atoms. The third-order valence-corrected chi connectivity index (χ3v) is 4.80. The zero-order chi connectivity index (χ0) is 24.2. The van der Waals surface area contributed by atoms with Crippen molar-refractivity contribution in [3.8, 4) is 16.9 Å². The summed E-state index contributed by atoms with van der Waals surface area (Å²) in [6.45, 7) is 5.68. The zero-order valence-corrected chi connectivity index (χ0v) is 18.6. The summed E-state index contributed by atoms with van der Waals surface area (Å²) in [6.07, 6.45) is -1.26. The van der Waals surface area contributed by atoms with Crippen LogP contribution in [0.4, 0.5) is 19.0 Å². The largest absolute Gasteiger partial charge is 0.491 e. The molecule has 3 rings (SSSR count). The minimum absolute atomic E-state index is 0.0498. The summed E-state index contributed by atoms with van der Waals surface area (Å²) in [5.74, 6) is -0.257. The summed E-state index contributed by atoms with van der Waals surface area (Å²) in [5.41, 5.74) is 5.26. The van der Waals surface area contributed by atoms with Gasteiger partial charge in [-0.1, -0.05) is 19.9 Å². The minimum Gasteiger partial charge on any atom is -0.491 e. The van der Waals surface area contributed by atoms with Crippen LogP contribution in [-0.4, -0.2) is 23.0 Å². The number of hydrogen-bond donors (Lipinski definition) is 2. The van der Waals surface area contributed by atoms with Crippen molar-refractivity contribution in [2.75, 3.05) is 11.9 Å². The molecule has 0 saturated carbocycles. The van der Waals surface area contributed by atoms with Crippen molar-refractivity contribution < 1.29 is 27.1 Å². The number of nitrogens with zero attached hydrogens (tertiary/aromatic N) is 1. The highest BCUT2D eigenvalue weighted by Gasteiger charge is 2.35. The number of carbonyl (C=O) groups is 1. The standard InChI is InChI=1S/C24H26F3N3O3/c1-15(2)13-23(3,28)14-33-19-7-6-16(11-18(19)24(25,26)27)17-8-9-29-21(12-17)30-22(31)20-5-4-10-32-20/h4-12,15H,13-14,28H2,1-3H3,(H,29,30,31). The molecular weight excluding hydrogens is 435 g/mol. The molecule has 0 radical (unpaired) electrons. The Balaban J connectivity index is 1.85. The lowest BCUT2D eigenvalue weighted by Crippen LogP contribution is -2.43. The van der Waals surface area contributed by atoms with E-state index in [1.54, 1.807) is 19.1 Å². The molecule has 1 unspecified atom stereocenters. The Morgan fingerprint density at radius 2 is 1.91 bits per heavy atom. The predicted octanol–water partition coefficient (Wildman–Crippen LogP) is 5.76. The van der Waals surface area contributed by atoms with Gasteiger partial charge in [0, 0.05) is 11.7 Å². The smallest absolute Gasteiger partial charge is 0.419 e. The molecule has 9 heteroatoms. The Morgan fingerprint density at radius 1 is 1.18 bits per heavy atom. The van der Waals surface area contributed by atoms with E-state index in [0.717, 1.165) is 6.07 Å². The van der Waals surface area contributed by atoms with Gasteiger partial charge in [0.15, 0.2) is 5.76 Å². The van der Waals surface area contributed by atoms with Gasteiger partial charge in [-0.05, 0) is 66.8 Å². The van der Waals surface area contributed by atoms with Crippen molar-refractivity contribution in [1.29, 1.82) is 0 Å². The first-order valence-corrected chi connectivity index (χ1v) is 10.4.